The van der Waals surface area contributed by atoms with Gasteiger partial charge in [-0.3, -0.25) is 9.88 Å². The smallest absolute Gasteiger partial charge is 0.319 e. The molecule has 230 valence electrons. The summed E-state index contributed by atoms with van der Waals surface area (Å²) in [6.07, 6.45) is 17.1. The fourth-order valence-corrected chi connectivity index (χ4v) is 9.47. The van der Waals surface area contributed by atoms with Gasteiger partial charge in [0, 0.05) is 53.9 Å². The van der Waals surface area contributed by atoms with Gasteiger partial charge in [0.15, 0.2) is 5.82 Å². The lowest BCUT2D eigenvalue weighted by Gasteiger charge is -2.35. The van der Waals surface area contributed by atoms with Crippen molar-refractivity contribution in [2.75, 3.05) is 31.1 Å². The molecule has 0 amide bonds. The van der Waals surface area contributed by atoms with Gasteiger partial charge >= 0.3 is 6.01 Å². The molecular formula is C36H37FN6O2. The quantitative estimate of drug-likeness (QED) is 0.293. The minimum atomic E-state index is -0.575. The number of anilines is 1. The molecule has 45 heavy (non-hydrogen) atoms. The van der Waals surface area contributed by atoms with Gasteiger partial charge in [-0.1, -0.05) is 24.5 Å². The molecular weight excluding hydrogens is 567 g/mol. The molecule has 0 spiro atoms. The van der Waals surface area contributed by atoms with Crippen LogP contribution in [0.3, 0.4) is 0 Å². The Balaban J connectivity index is 1.16. The highest BCUT2D eigenvalue weighted by molar-refractivity contribution is 6.02. The Hall–Kier alpha value is -4.00. The number of halogens is 1. The molecule has 9 rings (SSSR count). The van der Waals surface area contributed by atoms with Gasteiger partial charge in [0.25, 0.3) is 0 Å². The maximum Gasteiger partial charge on any atom is 0.319 e. The van der Waals surface area contributed by atoms with Crippen LogP contribution in [0.15, 0.2) is 36.5 Å². The van der Waals surface area contributed by atoms with Crippen molar-refractivity contribution in [1.29, 1.82) is 0 Å². The summed E-state index contributed by atoms with van der Waals surface area (Å²) in [7, 11) is 0. The summed E-state index contributed by atoms with van der Waals surface area (Å²) < 4.78 is 23.4. The topological polar surface area (TPSA) is 86.6 Å². The van der Waals surface area contributed by atoms with Gasteiger partial charge in [-0.2, -0.15) is 9.97 Å². The molecule has 1 saturated carbocycles. The van der Waals surface area contributed by atoms with Gasteiger partial charge in [0.05, 0.1) is 10.9 Å². The number of nitrogens with one attached hydrogen (secondary N) is 1. The first-order chi connectivity index (χ1) is 22.0. The largest absolute Gasteiger partial charge is 0.508 e. The molecule has 5 fully saturated rings. The first kappa shape index (κ1) is 27.3. The van der Waals surface area contributed by atoms with Crippen LogP contribution < -0.4 is 15.0 Å². The third-order valence-corrected chi connectivity index (χ3v) is 11.3. The fourth-order valence-electron chi connectivity index (χ4n) is 9.47. The van der Waals surface area contributed by atoms with Crippen molar-refractivity contribution in [3.05, 3.63) is 47.9 Å². The average molecular weight is 605 g/mol. The molecule has 4 aromatic rings. The second kappa shape index (κ2) is 10.3. The number of terminal acetylenes is 1. The predicted octanol–water partition coefficient (Wildman–Crippen LogP) is 5.40. The molecule has 1 aliphatic carbocycles. The Morgan fingerprint density at radius 3 is 2.82 bits per heavy atom. The van der Waals surface area contributed by atoms with Crippen LogP contribution in [0.25, 0.3) is 32.9 Å². The number of benzene rings is 2. The molecule has 2 aromatic carbocycles. The van der Waals surface area contributed by atoms with Crippen molar-refractivity contribution in [3.63, 3.8) is 0 Å². The molecule has 6 heterocycles. The van der Waals surface area contributed by atoms with Gasteiger partial charge in [-0.05, 0) is 81.0 Å². The molecule has 2 N–H and O–H groups in total. The molecule has 9 heteroatoms. The number of hydrogen-bond acceptors (Lipinski definition) is 8. The number of rotatable bonds is 5. The molecule has 0 radical (unpaired) electrons. The number of phenolic OH excluding ortho intramolecular Hbond substituents is 1. The standard InChI is InChI=1S/C36H37FN6O2/c1-2-21-6-3-7-22-14-26(44)15-27(30(21)22)32-31(37)33-28(17-38-32)34(42-18-24-10-11-25(19-42)39-24)41-35(40-33)45-20-36-12-5-13-43(36)29-9-4-8-23(29)16-36/h1,3,6-7,14-15,17,23-25,29,39,44H,4-5,8-13,16,18-20H2/t23-,24?,25?,29-,36+/m1/s1. The maximum absolute atomic E-state index is 16.9. The van der Waals surface area contributed by atoms with Gasteiger partial charge in [-0.25, -0.2) is 4.39 Å². The van der Waals surface area contributed by atoms with Crippen LogP contribution in [-0.2, 0) is 0 Å². The Labute approximate surface area is 262 Å². The van der Waals surface area contributed by atoms with E-state index in [-0.39, 0.29) is 28.5 Å². The maximum atomic E-state index is 16.9. The van der Waals surface area contributed by atoms with Crippen LogP contribution in [0.1, 0.15) is 56.9 Å². The number of ether oxygens (including phenoxy) is 1. The molecule has 5 aliphatic rings. The zero-order valence-corrected chi connectivity index (χ0v) is 25.3. The summed E-state index contributed by atoms with van der Waals surface area (Å²) in [6.45, 7) is 3.21. The van der Waals surface area contributed by atoms with Gasteiger partial charge in [-0.15, -0.1) is 6.42 Å². The fraction of sp³-hybridized carbons (Fsp3) is 0.472. The summed E-state index contributed by atoms with van der Waals surface area (Å²) in [6, 6.07) is 10.3. The van der Waals surface area contributed by atoms with Crippen molar-refractivity contribution in [1.82, 2.24) is 25.2 Å². The van der Waals surface area contributed by atoms with Crippen LogP contribution in [0, 0.1) is 24.1 Å². The van der Waals surface area contributed by atoms with E-state index in [0.29, 0.717) is 57.8 Å². The van der Waals surface area contributed by atoms with Crippen molar-refractivity contribution < 1.29 is 14.2 Å². The van der Waals surface area contributed by atoms with E-state index in [1.807, 2.05) is 18.2 Å². The zero-order chi connectivity index (χ0) is 30.3. The van der Waals surface area contributed by atoms with E-state index in [4.69, 9.17) is 21.1 Å². The van der Waals surface area contributed by atoms with Crippen molar-refractivity contribution in [2.45, 2.75) is 75.0 Å². The Kier molecular flexibility index (Phi) is 6.23. The molecule has 5 atom stereocenters. The van der Waals surface area contributed by atoms with Crippen LogP contribution in [0.2, 0.25) is 0 Å². The number of aromatic nitrogens is 3. The van der Waals surface area contributed by atoms with E-state index in [1.54, 1.807) is 12.3 Å². The van der Waals surface area contributed by atoms with E-state index in [2.05, 4.69) is 26.0 Å². The van der Waals surface area contributed by atoms with E-state index in [9.17, 15) is 5.11 Å². The number of hydrogen-bond donors (Lipinski definition) is 2. The summed E-state index contributed by atoms with van der Waals surface area (Å²) in [5.41, 5.74) is 1.31. The van der Waals surface area contributed by atoms with Crippen LogP contribution in [0.4, 0.5) is 10.2 Å². The number of pyridine rings is 1. The predicted molar refractivity (Wildman–Crippen MR) is 172 cm³/mol. The number of piperazine rings is 1. The highest BCUT2D eigenvalue weighted by Gasteiger charge is 2.55. The Bertz CT molecular complexity index is 1880. The first-order valence-electron chi connectivity index (χ1n) is 16.5. The third kappa shape index (κ3) is 4.29. The SMILES string of the molecule is C#Cc1cccc2cc(O)cc(-c3ncc4c(N5CC6CCC(C5)N6)nc(OC[C@@]56CCCN5[C@@H]5CCC[C@@H]5C6)nc4c3F)c12. The lowest BCUT2D eigenvalue weighted by Crippen LogP contribution is -2.51. The Morgan fingerprint density at radius 2 is 1.98 bits per heavy atom. The van der Waals surface area contributed by atoms with Crippen LogP contribution >= 0.6 is 0 Å². The molecule has 4 aliphatic heterocycles. The van der Waals surface area contributed by atoms with Crippen molar-refractivity contribution in [3.8, 4) is 35.4 Å². The van der Waals surface area contributed by atoms with Gasteiger partial charge in [0.1, 0.15) is 29.4 Å². The van der Waals surface area contributed by atoms with E-state index < -0.39 is 5.82 Å². The Morgan fingerprint density at radius 1 is 1.11 bits per heavy atom. The lowest BCUT2D eigenvalue weighted by atomic mass is 9.90. The summed E-state index contributed by atoms with van der Waals surface area (Å²) in [5, 5.41) is 16.2. The van der Waals surface area contributed by atoms with E-state index >= 15 is 4.39 Å². The number of phenols is 1. The van der Waals surface area contributed by atoms with Crippen molar-refractivity contribution >= 4 is 27.5 Å². The van der Waals surface area contributed by atoms with Crippen LogP contribution in [-0.4, -0.2) is 74.9 Å². The average Bonchev–Trinajstić information content (AvgIpc) is 3.81. The monoisotopic (exact) mass is 604 g/mol. The minimum absolute atomic E-state index is 0.0104. The molecule has 4 saturated heterocycles. The molecule has 2 aromatic heterocycles. The zero-order valence-electron chi connectivity index (χ0n) is 25.3. The van der Waals surface area contributed by atoms with Crippen molar-refractivity contribution in [2.24, 2.45) is 5.92 Å². The van der Waals surface area contributed by atoms with Gasteiger partial charge in [0.2, 0.25) is 0 Å². The second-order valence-corrected chi connectivity index (χ2v) is 13.9. The normalized spacial score (nSPS) is 28.9. The molecule has 2 unspecified atom stereocenters. The van der Waals surface area contributed by atoms with E-state index in [0.717, 1.165) is 51.2 Å². The molecule has 8 nitrogen and oxygen atoms in total. The van der Waals surface area contributed by atoms with Gasteiger partial charge < -0.3 is 20.1 Å². The highest BCUT2D eigenvalue weighted by Crippen LogP contribution is 2.51. The third-order valence-electron chi connectivity index (χ3n) is 11.3. The first-order valence-corrected chi connectivity index (χ1v) is 16.5. The highest BCUT2D eigenvalue weighted by atomic mass is 19.1. The van der Waals surface area contributed by atoms with E-state index in [1.165, 1.54) is 31.7 Å². The summed E-state index contributed by atoms with van der Waals surface area (Å²) in [4.78, 5) is 19.3. The number of aromatic hydroxyl groups is 1. The number of fused-ring (bicyclic) bond motifs is 7. The number of nitrogens with zero attached hydrogens (tertiary/aromatic N) is 5. The summed E-state index contributed by atoms with van der Waals surface area (Å²) in [5.74, 6) is 3.56. The second-order valence-electron chi connectivity index (χ2n) is 13.9. The summed E-state index contributed by atoms with van der Waals surface area (Å²) >= 11 is 0. The molecule has 2 bridgehead atoms. The van der Waals surface area contributed by atoms with Crippen LogP contribution in [0.5, 0.6) is 11.8 Å². The lowest BCUT2D eigenvalue weighted by molar-refractivity contribution is 0.0832. The minimum Gasteiger partial charge on any atom is -0.508 e.